The molecule has 0 spiro atoms. The van der Waals surface area contributed by atoms with Crippen LogP contribution < -0.4 is 5.32 Å². The number of hydrogen-bond donors (Lipinski definition) is 6. The van der Waals surface area contributed by atoms with Crippen molar-refractivity contribution in [2.75, 3.05) is 13.2 Å². The second-order valence-electron chi connectivity index (χ2n) is 22.2. The van der Waals surface area contributed by atoms with E-state index in [-0.39, 0.29) is 12.5 Å². The Morgan fingerprint density at radius 2 is 0.775 bits per heavy atom. The van der Waals surface area contributed by atoms with Gasteiger partial charge in [-0.25, -0.2) is 0 Å². The summed E-state index contributed by atoms with van der Waals surface area (Å²) in [5.74, 6) is -0.170. The van der Waals surface area contributed by atoms with E-state index in [2.05, 4.69) is 19.2 Å². The second-order valence-corrected chi connectivity index (χ2v) is 22.2. The van der Waals surface area contributed by atoms with Gasteiger partial charge in [-0.1, -0.05) is 309 Å². The highest BCUT2D eigenvalue weighted by atomic mass is 16.7. The van der Waals surface area contributed by atoms with E-state index in [0.717, 1.165) is 38.5 Å². The molecule has 9 nitrogen and oxygen atoms in total. The number of rotatable bonds is 55. The Bertz CT molecular complexity index is 1120. The maximum atomic E-state index is 13.1. The summed E-state index contributed by atoms with van der Waals surface area (Å²) in [7, 11) is 0. The molecule has 0 aromatic rings. The molecule has 1 rings (SSSR count). The molecule has 7 atom stereocenters. The number of nitrogens with one attached hydrogen (secondary N) is 1. The van der Waals surface area contributed by atoms with Gasteiger partial charge in [0.1, 0.15) is 24.4 Å². The third kappa shape index (κ3) is 41.8. The molecule has 1 fully saturated rings. The van der Waals surface area contributed by atoms with Crippen LogP contribution in [0.1, 0.15) is 322 Å². The highest BCUT2D eigenvalue weighted by molar-refractivity contribution is 5.76. The summed E-state index contributed by atoms with van der Waals surface area (Å²) >= 11 is 0. The molecule has 2 unspecified atom stereocenters. The SMILES string of the molecule is CCCCCCCCCCCCCC/C=C/[C@@H](O)[C@H](CO[C@@H]1O[C@H](CO)[C@H](O)C(O)C1O)NC(=O)CCCCCCCCCCCCCCCCCCCCCCCCCCCCCCCCCCCC. The lowest BCUT2D eigenvalue weighted by molar-refractivity contribution is -0.302. The molecule has 0 aromatic carbocycles. The molecule has 0 aliphatic carbocycles. The van der Waals surface area contributed by atoms with Crippen molar-refractivity contribution >= 4 is 5.91 Å². The van der Waals surface area contributed by atoms with Gasteiger partial charge in [-0.3, -0.25) is 4.79 Å². The van der Waals surface area contributed by atoms with Crippen LogP contribution >= 0.6 is 0 Å². The van der Waals surface area contributed by atoms with Gasteiger partial charge in [0.15, 0.2) is 6.29 Å². The minimum atomic E-state index is -1.56. The van der Waals surface area contributed by atoms with Crippen molar-refractivity contribution in [2.45, 2.75) is 365 Å². The van der Waals surface area contributed by atoms with Gasteiger partial charge < -0.3 is 40.3 Å². The van der Waals surface area contributed by atoms with Gasteiger partial charge in [0, 0.05) is 6.42 Å². The molecule has 0 aromatic heterocycles. The summed E-state index contributed by atoms with van der Waals surface area (Å²) in [6.07, 6.45) is 58.9. The van der Waals surface area contributed by atoms with Crippen molar-refractivity contribution in [2.24, 2.45) is 0 Å². The fourth-order valence-electron chi connectivity index (χ4n) is 10.4. The number of amides is 1. The normalized spacial score (nSPS) is 19.2. The van der Waals surface area contributed by atoms with Gasteiger partial charge in [-0.2, -0.15) is 0 Å². The van der Waals surface area contributed by atoms with Crippen LogP contribution in [0.4, 0.5) is 0 Å². The first kappa shape index (κ1) is 67.9. The van der Waals surface area contributed by atoms with Crippen molar-refractivity contribution < 1.29 is 39.8 Å². The highest BCUT2D eigenvalue weighted by Crippen LogP contribution is 2.23. The van der Waals surface area contributed by atoms with Gasteiger partial charge >= 0.3 is 0 Å². The van der Waals surface area contributed by atoms with Gasteiger partial charge in [-0.15, -0.1) is 0 Å². The zero-order valence-corrected chi connectivity index (χ0v) is 47.0. The zero-order valence-electron chi connectivity index (χ0n) is 47.0. The molecule has 0 bridgehead atoms. The highest BCUT2D eigenvalue weighted by Gasteiger charge is 2.44. The summed E-state index contributed by atoms with van der Waals surface area (Å²) in [6, 6.07) is -0.800. The molecule has 1 aliphatic rings. The van der Waals surface area contributed by atoms with Crippen LogP contribution in [0.5, 0.6) is 0 Å². The fourth-order valence-corrected chi connectivity index (χ4v) is 10.4. The Morgan fingerprint density at radius 1 is 0.465 bits per heavy atom. The fraction of sp³-hybridized carbons (Fsp3) is 0.952. The molecule has 71 heavy (non-hydrogen) atoms. The number of aliphatic hydroxyl groups is 5. The third-order valence-corrected chi connectivity index (χ3v) is 15.4. The number of carbonyl (C=O) groups is 1. The molecule has 9 heteroatoms. The minimum Gasteiger partial charge on any atom is -0.394 e. The van der Waals surface area contributed by atoms with Crippen LogP contribution in [0.3, 0.4) is 0 Å². The molecule has 6 N–H and O–H groups in total. The summed E-state index contributed by atoms with van der Waals surface area (Å²) in [5, 5.41) is 54.5. The quantitative estimate of drug-likeness (QED) is 0.0261. The summed E-state index contributed by atoms with van der Waals surface area (Å²) < 4.78 is 11.3. The van der Waals surface area contributed by atoms with Crippen LogP contribution in [0.25, 0.3) is 0 Å². The zero-order chi connectivity index (χ0) is 51.5. The van der Waals surface area contributed by atoms with Crippen LogP contribution in [0.15, 0.2) is 12.2 Å². The molecule has 1 amide bonds. The number of hydrogen-bond acceptors (Lipinski definition) is 8. The smallest absolute Gasteiger partial charge is 0.220 e. The molecule has 0 saturated carbocycles. The summed E-state index contributed by atoms with van der Waals surface area (Å²) in [6.45, 7) is 3.81. The molecule has 1 saturated heterocycles. The van der Waals surface area contributed by atoms with Gasteiger partial charge in [-0.05, 0) is 19.3 Å². The van der Waals surface area contributed by atoms with E-state index in [1.807, 2.05) is 6.08 Å². The van der Waals surface area contributed by atoms with E-state index >= 15 is 0 Å². The Hall–Kier alpha value is -1.07. The predicted octanol–water partition coefficient (Wildman–Crippen LogP) is 16.0. The van der Waals surface area contributed by atoms with E-state index in [0.29, 0.717) is 6.42 Å². The first-order valence-corrected chi connectivity index (χ1v) is 31.4. The van der Waals surface area contributed by atoms with E-state index in [1.165, 1.54) is 263 Å². The Kier molecular flexibility index (Phi) is 50.1. The molecule has 422 valence electrons. The van der Waals surface area contributed by atoms with Crippen molar-refractivity contribution in [1.82, 2.24) is 5.32 Å². The average molecular weight is 1010 g/mol. The predicted molar refractivity (Wildman–Crippen MR) is 300 cm³/mol. The number of aliphatic hydroxyl groups excluding tert-OH is 5. The lowest BCUT2D eigenvalue weighted by atomic mass is 9.99. The van der Waals surface area contributed by atoms with Crippen molar-refractivity contribution in [3.05, 3.63) is 12.2 Å². The van der Waals surface area contributed by atoms with Crippen LogP contribution in [0, 0.1) is 0 Å². The Labute approximate surface area is 439 Å². The summed E-state index contributed by atoms with van der Waals surface area (Å²) in [5.41, 5.74) is 0. The first-order valence-electron chi connectivity index (χ1n) is 31.4. The molecule has 1 aliphatic heterocycles. The lowest BCUT2D eigenvalue weighted by Gasteiger charge is -2.40. The topological polar surface area (TPSA) is 149 Å². The van der Waals surface area contributed by atoms with Crippen molar-refractivity contribution in [3.63, 3.8) is 0 Å². The van der Waals surface area contributed by atoms with E-state index < -0.39 is 49.5 Å². The monoisotopic (exact) mass is 1010 g/mol. The van der Waals surface area contributed by atoms with E-state index in [4.69, 9.17) is 9.47 Å². The maximum Gasteiger partial charge on any atom is 0.220 e. The van der Waals surface area contributed by atoms with Crippen molar-refractivity contribution in [3.8, 4) is 0 Å². The molecule has 0 radical (unpaired) electrons. The molecular weight excluding hydrogens is 887 g/mol. The van der Waals surface area contributed by atoms with Crippen molar-refractivity contribution in [1.29, 1.82) is 0 Å². The van der Waals surface area contributed by atoms with Gasteiger partial charge in [0.05, 0.1) is 25.4 Å². The minimum absolute atomic E-state index is 0.170. The van der Waals surface area contributed by atoms with E-state index in [9.17, 15) is 30.3 Å². The average Bonchev–Trinajstić information content (AvgIpc) is 3.37. The Balaban J connectivity index is 2.07. The van der Waals surface area contributed by atoms with E-state index in [1.54, 1.807) is 6.08 Å². The number of unbranched alkanes of at least 4 members (excludes halogenated alkanes) is 45. The largest absolute Gasteiger partial charge is 0.394 e. The first-order chi connectivity index (χ1) is 34.8. The van der Waals surface area contributed by atoms with Crippen LogP contribution in [0.2, 0.25) is 0 Å². The number of carbonyl (C=O) groups excluding carboxylic acids is 1. The number of ether oxygens (including phenoxy) is 2. The van der Waals surface area contributed by atoms with Gasteiger partial charge in [0.2, 0.25) is 5.91 Å². The maximum absolute atomic E-state index is 13.1. The molecule has 1 heterocycles. The Morgan fingerprint density at radius 3 is 1.10 bits per heavy atom. The standard InChI is InChI=1S/C62H121NO8/c1-3-5-7-9-11-13-15-17-19-20-21-22-23-24-25-26-27-28-29-30-31-32-33-34-35-36-37-38-40-42-44-46-48-50-52-58(66)63-55(54-70-62-61(69)60(68)59(67)57(53-64)71-62)56(65)51-49-47-45-43-41-39-18-16-14-12-10-8-6-4-2/h49,51,55-57,59-62,64-65,67-69H,3-48,50,52-54H2,1-2H3,(H,63,66)/b51-49+/t55-,56+,57+,59-,60?,61?,62+/m0/s1. The second kappa shape index (κ2) is 52.4. The third-order valence-electron chi connectivity index (χ3n) is 15.4. The number of allylic oxidation sites excluding steroid dienone is 1. The summed E-state index contributed by atoms with van der Waals surface area (Å²) in [4.78, 5) is 13.1. The lowest BCUT2D eigenvalue weighted by Crippen LogP contribution is -2.60. The molecular formula is C62H121NO8. The van der Waals surface area contributed by atoms with Crippen LogP contribution in [-0.2, 0) is 14.3 Å². The van der Waals surface area contributed by atoms with Gasteiger partial charge in [0.25, 0.3) is 0 Å². The van der Waals surface area contributed by atoms with Crippen LogP contribution in [-0.4, -0.2) is 87.5 Å².